The van der Waals surface area contributed by atoms with Crippen LogP contribution in [-0.4, -0.2) is 46.1 Å². The number of nitrogens with zero attached hydrogens (tertiary/aromatic N) is 1. The molecule has 6 nitrogen and oxygen atoms in total. The summed E-state index contributed by atoms with van der Waals surface area (Å²) in [6, 6.07) is 5.24. The van der Waals surface area contributed by atoms with Crippen molar-refractivity contribution in [3.63, 3.8) is 0 Å². The molecule has 8 heteroatoms. The molecule has 1 fully saturated rings. The first kappa shape index (κ1) is 17.1. The van der Waals surface area contributed by atoms with Gasteiger partial charge in [0, 0.05) is 29.4 Å². The number of likely N-dealkylation sites (tertiary alicyclic amines) is 1. The number of carboxylic acid groups (broad SMARTS) is 1. The van der Waals surface area contributed by atoms with E-state index in [1.165, 1.54) is 11.8 Å². The molecule has 2 atom stereocenters. The van der Waals surface area contributed by atoms with Gasteiger partial charge in [-0.25, -0.2) is 0 Å². The van der Waals surface area contributed by atoms with Crippen LogP contribution in [0.15, 0.2) is 23.1 Å². The Balaban J connectivity index is 1.65. The topological polar surface area (TPSA) is 86.7 Å². The molecular weight excluding hydrogens is 352 g/mol. The molecule has 1 aromatic carbocycles. The van der Waals surface area contributed by atoms with Gasteiger partial charge in [0.15, 0.2) is 0 Å². The molecule has 0 radical (unpaired) electrons. The fourth-order valence-corrected chi connectivity index (χ4v) is 4.20. The maximum atomic E-state index is 12.5. The van der Waals surface area contributed by atoms with Crippen molar-refractivity contribution in [1.29, 1.82) is 0 Å². The van der Waals surface area contributed by atoms with Gasteiger partial charge in [0.05, 0.1) is 16.9 Å². The van der Waals surface area contributed by atoms with Crippen LogP contribution >= 0.6 is 23.4 Å². The van der Waals surface area contributed by atoms with E-state index in [1.54, 1.807) is 17.0 Å². The molecule has 0 aromatic heterocycles. The lowest BCUT2D eigenvalue weighted by Gasteiger charge is -2.32. The monoisotopic (exact) mass is 368 g/mol. The number of thioether (sulfide) groups is 1. The average molecular weight is 369 g/mol. The Morgan fingerprint density at radius 3 is 2.96 bits per heavy atom. The minimum atomic E-state index is -0.872. The molecule has 3 rings (SSSR count). The third kappa shape index (κ3) is 3.67. The largest absolute Gasteiger partial charge is 0.481 e. The summed E-state index contributed by atoms with van der Waals surface area (Å²) in [6.07, 6.45) is 1.32. The highest BCUT2D eigenvalue weighted by Crippen LogP contribution is 2.38. The summed E-state index contributed by atoms with van der Waals surface area (Å²) in [7, 11) is 0. The number of rotatable bonds is 3. The Hall–Kier alpha value is -1.73. The zero-order chi connectivity index (χ0) is 17.3. The number of benzene rings is 1. The third-order valence-electron chi connectivity index (χ3n) is 4.24. The molecule has 2 aliphatic rings. The van der Waals surface area contributed by atoms with Crippen LogP contribution in [0.4, 0.5) is 5.69 Å². The summed E-state index contributed by atoms with van der Waals surface area (Å²) >= 11 is 7.26. The summed E-state index contributed by atoms with van der Waals surface area (Å²) in [5.74, 6) is -1.79. The van der Waals surface area contributed by atoms with Crippen LogP contribution in [0.3, 0.4) is 0 Å². The molecule has 2 aliphatic heterocycles. The molecule has 2 heterocycles. The normalized spacial score (nSPS) is 23.4. The van der Waals surface area contributed by atoms with Gasteiger partial charge in [-0.05, 0) is 31.0 Å². The lowest BCUT2D eigenvalue weighted by atomic mass is 9.98. The molecule has 1 aromatic rings. The number of carboxylic acids is 1. The smallest absolute Gasteiger partial charge is 0.308 e. The number of hydrogen-bond donors (Lipinski definition) is 2. The van der Waals surface area contributed by atoms with Gasteiger partial charge in [0.25, 0.3) is 0 Å². The van der Waals surface area contributed by atoms with Gasteiger partial charge < -0.3 is 15.3 Å². The number of fused-ring (bicyclic) bond motifs is 1. The molecule has 2 N–H and O–H groups in total. The van der Waals surface area contributed by atoms with Gasteiger partial charge in [-0.1, -0.05) is 11.6 Å². The highest BCUT2D eigenvalue weighted by atomic mass is 35.5. The Morgan fingerprint density at radius 2 is 2.21 bits per heavy atom. The van der Waals surface area contributed by atoms with Crippen LogP contribution < -0.4 is 5.32 Å². The van der Waals surface area contributed by atoms with Crippen LogP contribution in [0.5, 0.6) is 0 Å². The molecule has 0 saturated carbocycles. The number of carbonyl (C=O) groups excluding carboxylic acids is 2. The Kier molecular flexibility index (Phi) is 5.01. The number of amides is 2. The number of halogens is 1. The summed E-state index contributed by atoms with van der Waals surface area (Å²) in [4.78, 5) is 38.2. The number of hydrogen-bond acceptors (Lipinski definition) is 4. The van der Waals surface area contributed by atoms with Gasteiger partial charge in [-0.2, -0.15) is 0 Å². The molecular formula is C16H17ClN2O4S. The van der Waals surface area contributed by atoms with Crippen molar-refractivity contribution in [2.24, 2.45) is 5.92 Å². The minimum absolute atomic E-state index is 0.0604. The highest BCUT2D eigenvalue weighted by Gasteiger charge is 2.33. The molecule has 0 unspecified atom stereocenters. The first-order valence-electron chi connectivity index (χ1n) is 7.71. The van der Waals surface area contributed by atoms with E-state index in [4.69, 9.17) is 16.7 Å². The van der Waals surface area contributed by atoms with E-state index in [2.05, 4.69) is 5.32 Å². The lowest BCUT2D eigenvalue weighted by molar-refractivity contribution is -0.146. The second-order valence-corrected chi connectivity index (χ2v) is 7.64. The first-order chi connectivity index (χ1) is 11.4. The number of nitrogens with one attached hydrogen (secondary N) is 1. The second-order valence-electron chi connectivity index (χ2n) is 5.96. The van der Waals surface area contributed by atoms with E-state index < -0.39 is 17.1 Å². The first-order valence-corrected chi connectivity index (χ1v) is 8.97. The van der Waals surface area contributed by atoms with Crippen molar-refractivity contribution in [2.45, 2.75) is 29.4 Å². The zero-order valence-electron chi connectivity index (χ0n) is 12.8. The van der Waals surface area contributed by atoms with E-state index in [9.17, 15) is 14.4 Å². The Morgan fingerprint density at radius 1 is 1.42 bits per heavy atom. The van der Waals surface area contributed by atoms with Crippen LogP contribution in [0, 0.1) is 5.92 Å². The molecule has 24 heavy (non-hydrogen) atoms. The fourth-order valence-electron chi connectivity index (χ4n) is 2.95. The van der Waals surface area contributed by atoms with Crippen LogP contribution in [0.25, 0.3) is 0 Å². The SMILES string of the molecule is O=C(O)[C@@H]1CCCN(C(=O)C[C@@H]2Sc3ccc(Cl)cc3NC2=O)C1. The average Bonchev–Trinajstić information content (AvgIpc) is 2.55. The third-order valence-corrected chi connectivity index (χ3v) is 5.75. The maximum absolute atomic E-state index is 12.5. The van der Waals surface area contributed by atoms with Crippen molar-refractivity contribution in [3.05, 3.63) is 23.2 Å². The standard InChI is InChI=1S/C16H17ClN2O4S/c17-10-3-4-12-11(6-10)18-15(21)13(24-12)7-14(20)19-5-1-2-9(8-19)16(22)23/h3-4,6,9,13H,1-2,5,7-8H2,(H,18,21)(H,22,23)/t9-,13+/m1/s1. The van der Waals surface area contributed by atoms with Gasteiger partial charge in [-0.3, -0.25) is 14.4 Å². The zero-order valence-corrected chi connectivity index (χ0v) is 14.4. The fraction of sp³-hybridized carbons (Fsp3) is 0.438. The molecule has 128 valence electrons. The van der Waals surface area contributed by atoms with E-state index in [1.807, 2.05) is 6.07 Å². The molecule has 0 bridgehead atoms. The number of aliphatic carboxylic acids is 1. The summed E-state index contributed by atoms with van der Waals surface area (Å²) in [6.45, 7) is 0.771. The van der Waals surface area contributed by atoms with Crippen molar-refractivity contribution in [1.82, 2.24) is 4.90 Å². The predicted molar refractivity (Wildman–Crippen MR) is 91.3 cm³/mol. The number of anilines is 1. The summed E-state index contributed by atoms with van der Waals surface area (Å²) in [5, 5.41) is 11.9. The predicted octanol–water partition coefficient (Wildman–Crippen LogP) is 2.47. The molecule has 0 aliphatic carbocycles. The van der Waals surface area contributed by atoms with E-state index in [0.717, 1.165) is 4.90 Å². The van der Waals surface area contributed by atoms with Crippen LogP contribution in [0.2, 0.25) is 5.02 Å². The number of piperidine rings is 1. The van der Waals surface area contributed by atoms with Gasteiger partial charge in [0.1, 0.15) is 0 Å². The summed E-state index contributed by atoms with van der Waals surface area (Å²) in [5.41, 5.74) is 0.658. The summed E-state index contributed by atoms with van der Waals surface area (Å²) < 4.78 is 0. The highest BCUT2D eigenvalue weighted by molar-refractivity contribution is 8.01. The van der Waals surface area contributed by atoms with E-state index >= 15 is 0 Å². The molecule has 2 amide bonds. The Labute approximate surface area is 148 Å². The van der Waals surface area contributed by atoms with Gasteiger partial charge >= 0.3 is 5.97 Å². The van der Waals surface area contributed by atoms with E-state index in [0.29, 0.717) is 30.1 Å². The van der Waals surface area contributed by atoms with Crippen molar-refractivity contribution in [2.75, 3.05) is 18.4 Å². The number of carbonyl (C=O) groups is 3. The van der Waals surface area contributed by atoms with E-state index in [-0.39, 0.29) is 24.8 Å². The molecule has 1 saturated heterocycles. The maximum Gasteiger partial charge on any atom is 0.308 e. The lowest BCUT2D eigenvalue weighted by Crippen LogP contribution is -2.44. The van der Waals surface area contributed by atoms with Crippen LogP contribution in [-0.2, 0) is 14.4 Å². The quantitative estimate of drug-likeness (QED) is 0.855. The van der Waals surface area contributed by atoms with Gasteiger partial charge in [-0.15, -0.1) is 11.8 Å². The minimum Gasteiger partial charge on any atom is -0.481 e. The van der Waals surface area contributed by atoms with Gasteiger partial charge in [0.2, 0.25) is 11.8 Å². The second kappa shape index (κ2) is 7.03. The molecule has 0 spiro atoms. The van der Waals surface area contributed by atoms with Crippen LogP contribution in [0.1, 0.15) is 19.3 Å². The van der Waals surface area contributed by atoms with Crippen molar-refractivity contribution < 1.29 is 19.5 Å². The van der Waals surface area contributed by atoms with Crippen molar-refractivity contribution in [3.8, 4) is 0 Å². The van der Waals surface area contributed by atoms with Crippen molar-refractivity contribution >= 4 is 46.8 Å². The Bertz CT molecular complexity index is 697.